The molecule has 31 heavy (non-hydrogen) atoms. The number of nitrogens with one attached hydrogen (secondary N) is 3. The second-order valence-electron chi connectivity index (χ2n) is 7.56. The van der Waals surface area contributed by atoms with Gasteiger partial charge in [0.15, 0.2) is 0 Å². The number of aromatic nitrogens is 2. The lowest BCUT2D eigenvalue weighted by molar-refractivity contribution is -0.123. The van der Waals surface area contributed by atoms with Crippen LogP contribution in [0, 0.1) is 0 Å². The van der Waals surface area contributed by atoms with E-state index in [1.54, 1.807) is 18.2 Å². The number of nitrogens with zero attached hydrogens (tertiary/aromatic N) is 2. The van der Waals surface area contributed by atoms with Crippen molar-refractivity contribution < 1.29 is 19.1 Å². The van der Waals surface area contributed by atoms with Crippen molar-refractivity contribution in [3.05, 3.63) is 34.1 Å². The first-order valence-corrected chi connectivity index (χ1v) is 10.2. The van der Waals surface area contributed by atoms with E-state index >= 15 is 0 Å². The van der Waals surface area contributed by atoms with Crippen LogP contribution in [-0.2, 0) is 9.59 Å². The van der Waals surface area contributed by atoms with Gasteiger partial charge in [-0.25, -0.2) is 0 Å². The van der Waals surface area contributed by atoms with Crippen LogP contribution in [0.4, 0.5) is 17.5 Å². The molecule has 1 aromatic heterocycles. The summed E-state index contributed by atoms with van der Waals surface area (Å²) < 4.78 is 10.5. The van der Waals surface area contributed by atoms with Crippen LogP contribution in [0.25, 0.3) is 0 Å². The van der Waals surface area contributed by atoms with Gasteiger partial charge in [-0.3, -0.25) is 19.4 Å². The van der Waals surface area contributed by atoms with Crippen LogP contribution < -0.4 is 30.6 Å². The number of benzene rings is 1. The zero-order valence-electron chi connectivity index (χ0n) is 17.5. The molecule has 0 aliphatic carbocycles. The molecule has 3 N–H and O–H groups in total. The standard InChI is InChI=1S/C21H25N5O5/c1-30-12-6-7-14(15(10-12)31-2)22-19(28)13-11-16(27)23-18-17(13)20(29)25-21(24-18)26-8-4-3-5-9-26/h6-7,10,13H,3-5,8-9,11H2,1-2H3,(H,22,28)(H2,23,24,25,27,29)/t13-/m1/s1. The van der Waals surface area contributed by atoms with Crippen molar-refractivity contribution in [1.29, 1.82) is 0 Å². The molecule has 3 heterocycles. The van der Waals surface area contributed by atoms with Crippen molar-refractivity contribution in [1.82, 2.24) is 9.97 Å². The van der Waals surface area contributed by atoms with Gasteiger partial charge < -0.3 is 25.0 Å². The molecule has 0 bridgehead atoms. The molecule has 0 saturated carbocycles. The zero-order chi connectivity index (χ0) is 22.0. The molecule has 2 aliphatic rings. The van der Waals surface area contributed by atoms with Gasteiger partial charge in [0.2, 0.25) is 17.8 Å². The second-order valence-corrected chi connectivity index (χ2v) is 7.56. The van der Waals surface area contributed by atoms with Crippen molar-refractivity contribution in [3.8, 4) is 11.5 Å². The van der Waals surface area contributed by atoms with E-state index < -0.39 is 17.4 Å². The first-order chi connectivity index (χ1) is 15.0. The molecule has 10 nitrogen and oxygen atoms in total. The van der Waals surface area contributed by atoms with Gasteiger partial charge in [0.1, 0.15) is 17.3 Å². The number of carbonyl (C=O) groups excluding carboxylic acids is 2. The van der Waals surface area contributed by atoms with Gasteiger partial charge in [-0.1, -0.05) is 0 Å². The van der Waals surface area contributed by atoms with Crippen molar-refractivity contribution in [2.24, 2.45) is 0 Å². The van der Waals surface area contributed by atoms with Gasteiger partial charge in [-0.15, -0.1) is 0 Å². The lowest BCUT2D eigenvalue weighted by Crippen LogP contribution is -2.38. The summed E-state index contributed by atoms with van der Waals surface area (Å²) in [4.78, 5) is 47.5. The van der Waals surface area contributed by atoms with Gasteiger partial charge in [-0.2, -0.15) is 4.98 Å². The monoisotopic (exact) mass is 427 g/mol. The van der Waals surface area contributed by atoms with Crippen molar-refractivity contribution in [2.75, 3.05) is 42.8 Å². The van der Waals surface area contributed by atoms with Crippen molar-refractivity contribution in [2.45, 2.75) is 31.6 Å². The van der Waals surface area contributed by atoms with Crippen molar-refractivity contribution in [3.63, 3.8) is 0 Å². The number of aromatic amines is 1. The van der Waals surface area contributed by atoms with E-state index in [0.717, 1.165) is 32.4 Å². The number of methoxy groups -OCH3 is 2. The van der Waals surface area contributed by atoms with E-state index in [9.17, 15) is 14.4 Å². The van der Waals surface area contributed by atoms with Gasteiger partial charge in [0.05, 0.1) is 31.4 Å². The number of H-pyrrole nitrogens is 1. The Morgan fingerprint density at radius 1 is 1.16 bits per heavy atom. The highest BCUT2D eigenvalue weighted by molar-refractivity contribution is 6.05. The van der Waals surface area contributed by atoms with E-state index in [0.29, 0.717) is 23.1 Å². The molecule has 164 valence electrons. The summed E-state index contributed by atoms with van der Waals surface area (Å²) in [5.74, 6) is -0.287. The average Bonchev–Trinajstić information content (AvgIpc) is 2.78. The van der Waals surface area contributed by atoms with Gasteiger partial charge in [-0.05, 0) is 31.4 Å². The number of carbonyl (C=O) groups is 2. The number of ether oxygens (including phenoxy) is 2. The maximum absolute atomic E-state index is 13.1. The van der Waals surface area contributed by atoms with Crippen molar-refractivity contribution >= 4 is 29.3 Å². The molecule has 0 unspecified atom stereocenters. The normalized spacial score (nSPS) is 18.1. The minimum atomic E-state index is -0.970. The molecular weight excluding hydrogens is 402 g/mol. The van der Waals surface area contributed by atoms with E-state index in [4.69, 9.17) is 9.47 Å². The van der Waals surface area contributed by atoms with Crippen LogP contribution in [0.5, 0.6) is 11.5 Å². The molecule has 10 heteroatoms. The predicted molar refractivity (Wildman–Crippen MR) is 115 cm³/mol. The fraction of sp³-hybridized carbons (Fsp3) is 0.429. The van der Waals surface area contributed by atoms with Crippen LogP contribution in [0.15, 0.2) is 23.0 Å². The highest BCUT2D eigenvalue weighted by atomic mass is 16.5. The van der Waals surface area contributed by atoms with Gasteiger partial charge in [0, 0.05) is 25.6 Å². The molecule has 1 fully saturated rings. The third kappa shape index (κ3) is 4.18. The lowest BCUT2D eigenvalue weighted by Gasteiger charge is -2.29. The highest BCUT2D eigenvalue weighted by Crippen LogP contribution is 2.33. The first-order valence-electron chi connectivity index (χ1n) is 10.2. The molecule has 4 rings (SSSR count). The number of hydrogen-bond acceptors (Lipinski definition) is 7. The summed E-state index contributed by atoms with van der Waals surface area (Å²) >= 11 is 0. The quantitative estimate of drug-likeness (QED) is 0.665. The Balaban J connectivity index is 1.64. The molecular formula is C21H25N5O5. The minimum Gasteiger partial charge on any atom is -0.497 e. The maximum atomic E-state index is 13.1. The molecule has 0 radical (unpaired) electrons. The Labute approximate surface area is 179 Å². The van der Waals surface area contributed by atoms with E-state index in [-0.39, 0.29) is 23.7 Å². The van der Waals surface area contributed by atoms with Crippen LogP contribution in [-0.4, -0.2) is 49.1 Å². The van der Waals surface area contributed by atoms with E-state index in [2.05, 4.69) is 20.6 Å². The maximum Gasteiger partial charge on any atom is 0.258 e. The van der Waals surface area contributed by atoms with E-state index in [1.165, 1.54) is 14.2 Å². The van der Waals surface area contributed by atoms with Crippen LogP contribution in [0.2, 0.25) is 0 Å². The van der Waals surface area contributed by atoms with Crippen LogP contribution in [0.3, 0.4) is 0 Å². The van der Waals surface area contributed by atoms with Crippen LogP contribution in [0.1, 0.15) is 37.2 Å². The largest absolute Gasteiger partial charge is 0.497 e. The minimum absolute atomic E-state index is 0.141. The third-order valence-electron chi connectivity index (χ3n) is 5.58. The molecule has 2 aromatic rings. The van der Waals surface area contributed by atoms with Gasteiger partial charge in [0.25, 0.3) is 5.56 Å². The summed E-state index contributed by atoms with van der Waals surface area (Å²) in [7, 11) is 3.01. The Bertz CT molecular complexity index is 1060. The predicted octanol–water partition coefficient (Wildman–Crippen LogP) is 1.84. The van der Waals surface area contributed by atoms with Gasteiger partial charge >= 0.3 is 0 Å². The van der Waals surface area contributed by atoms with Crippen LogP contribution >= 0.6 is 0 Å². The summed E-state index contributed by atoms with van der Waals surface area (Å²) in [5, 5.41) is 5.41. The second kappa shape index (κ2) is 8.66. The zero-order valence-corrected chi connectivity index (χ0v) is 17.5. The Morgan fingerprint density at radius 3 is 2.65 bits per heavy atom. The number of rotatable bonds is 5. The number of amides is 2. The molecule has 0 spiro atoms. The highest BCUT2D eigenvalue weighted by Gasteiger charge is 2.35. The first kappa shape index (κ1) is 20.7. The molecule has 1 saturated heterocycles. The molecule has 2 amide bonds. The number of hydrogen-bond donors (Lipinski definition) is 3. The third-order valence-corrected chi connectivity index (χ3v) is 5.58. The smallest absolute Gasteiger partial charge is 0.258 e. The molecule has 1 atom stereocenters. The summed E-state index contributed by atoms with van der Waals surface area (Å²) in [6, 6.07) is 4.95. The molecule has 2 aliphatic heterocycles. The van der Waals surface area contributed by atoms with E-state index in [1.807, 2.05) is 4.90 Å². The number of piperidine rings is 1. The Hall–Kier alpha value is -3.56. The fourth-order valence-corrected chi connectivity index (χ4v) is 3.96. The topological polar surface area (TPSA) is 126 Å². The fourth-order valence-electron chi connectivity index (χ4n) is 3.96. The number of anilines is 3. The summed E-state index contributed by atoms with van der Waals surface area (Å²) in [6.45, 7) is 1.58. The SMILES string of the molecule is COc1ccc(NC(=O)[C@@H]2CC(=O)Nc3nc(N4CCCCC4)[nH]c(=O)c32)c(OC)c1. The average molecular weight is 427 g/mol. The lowest BCUT2D eigenvalue weighted by atomic mass is 9.92. The Kier molecular flexibility index (Phi) is 5.79. The Morgan fingerprint density at radius 2 is 1.94 bits per heavy atom. The summed E-state index contributed by atoms with van der Waals surface area (Å²) in [5.41, 5.74) is 0.146. The number of fused-ring (bicyclic) bond motifs is 1. The molecule has 1 aromatic carbocycles. The summed E-state index contributed by atoms with van der Waals surface area (Å²) in [6.07, 6.45) is 3.02.